The molecule has 0 saturated carbocycles. The first kappa shape index (κ1) is 15.9. The number of rotatable bonds is 6. The van der Waals surface area contributed by atoms with Gasteiger partial charge in [0.15, 0.2) is 0 Å². The summed E-state index contributed by atoms with van der Waals surface area (Å²) in [5.41, 5.74) is 10.1. The summed E-state index contributed by atoms with van der Waals surface area (Å²) in [7, 11) is 0. The normalized spacial score (nSPS) is 12.2. The Morgan fingerprint density at radius 2 is 1.86 bits per heavy atom. The topological polar surface area (TPSA) is 35.2 Å². The number of ether oxygens (including phenoxy) is 1. The van der Waals surface area contributed by atoms with Crippen LogP contribution in [0.5, 0.6) is 5.75 Å². The standard InChI is InChI=1S/C18H23NOS/c1-4-20-18-8-6-5-7-16(18)17(19)12-21-15-10-9-13(2)14(3)11-15/h5-11,17H,4,12,19H2,1-3H3. The zero-order valence-electron chi connectivity index (χ0n) is 12.9. The van der Waals surface area contributed by atoms with Gasteiger partial charge in [-0.3, -0.25) is 0 Å². The molecule has 3 heteroatoms. The van der Waals surface area contributed by atoms with Crippen LogP contribution in [0.15, 0.2) is 47.4 Å². The largest absolute Gasteiger partial charge is 0.494 e. The van der Waals surface area contributed by atoms with Crippen molar-refractivity contribution in [2.75, 3.05) is 12.4 Å². The Labute approximate surface area is 131 Å². The van der Waals surface area contributed by atoms with Gasteiger partial charge in [-0.2, -0.15) is 0 Å². The molecular weight excluding hydrogens is 278 g/mol. The molecule has 2 aromatic rings. The highest BCUT2D eigenvalue weighted by molar-refractivity contribution is 7.99. The van der Waals surface area contributed by atoms with E-state index < -0.39 is 0 Å². The number of hydrogen-bond acceptors (Lipinski definition) is 3. The smallest absolute Gasteiger partial charge is 0.124 e. The Hall–Kier alpha value is -1.45. The summed E-state index contributed by atoms with van der Waals surface area (Å²) in [4.78, 5) is 1.27. The predicted molar refractivity (Wildman–Crippen MR) is 91.2 cm³/mol. The van der Waals surface area contributed by atoms with E-state index in [1.54, 1.807) is 11.8 Å². The van der Waals surface area contributed by atoms with Crippen LogP contribution in [-0.2, 0) is 0 Å². The highest BCUT2D eigenvalue weighted by atomic mass is 32.2. The van der Waals surface area contributed by atoms with Crippen LogP contribution in [0, 0.1) is 13.8 Å². The van der Waals surface area contributed by atoms with Crippen molar-refractivity contribution in [3.8, 4) is 5.75 Å². The van der Waals surface area contributed by atoms with Gasteiger partial charge in [-0.05, 0) is 50.1 Å². The fourth-order valence-corrected chi connectivity index (χ4v) is 3.13. The summed E-state index contributed by atoms with van der Waals surface area (Å²) >= 11 is 1.79. The molecule has 0 aliphatic heterocycles. The van der Waals surface area contributed by atoms with Crippen LogP contribution in [0.4, 0.5) is 0 Å². The average molecular weight is 301 g/mol. The Kier molecular flexibility index (Phi) is 5.71. The average Bonchev–Trinajstić information content (AvgIpc) is 2.49. The molecule has 0 spiro atoms. The van der Waals surface area contributed by atoms with Crippen LogP contribution >= 0.6 is 11.8 Å². The van der Waals surface area contributed by atoms with Crippen molar-refractivity contribution in [3.63, 3.8) is 0 Å². The second-order valence-corrected chi connectivity index (χ2v) is 6.23. The minimum absolute atomic E-state index is 0.0284. The van der Waals surface area contributed by atoms with Crippen LogP contribution < -0.4 is 10.5 Å². The highest BCUT2D eigenvalue weighted by Gasteiger charge is 2.12. The van der Waals surface area contributed by atoms with Crippen LogP contribution in [0.2, 0.25) is 0 Å². The summed E-state index contributed by atoms with van der Waals surface area (Å²) in [5.74, 6) is 1.74. The molecule has 2 N–H and O–H groups in total. The highest BCUT2D eigenvalue weighted by Crippen LogP contribution is 2.29. The Bertz CT molecular complexity index is 598. The van der Waals surface area contributed by atoms with Gasteiger partial charge in [-0.25, -0.2) is 0 Å². The van der Waals surface area contributed by atoms with Crippen molar-refractivity contribution in [1.29, 1.82) is 0 Å². The van der Waals surface area contributed by atoms with Gasteiger partial charge >= 0.3 is 0 Å². The maximum absolute atomic E-state index is 6.34. The van der Waals surface area contributed by atoms with Gasteiger partial charge in [-0.15, -0.1) is 11.8 Å². The second kappa shape index (κ2) is 7.53. The molecule has 0 aromatic heterocycles. The molecule has 0 heterocycles. The number of para-hydroxylation sites is 1. The van der Waals surface area contributed by atoms with E-state index in [1.807, 2.05) is 25.1 Å². The van der Waals surface area contributed by atoms with Crippen molar-refractivity contribution in [3.05, 3.63) is 59.2 Å². The quantitative estimate of drug-likeness (QED) is 0.798. The number of benzene rings is 2. The molecule has 1 unspecified atom stereocenters. The van der Waals surface area contributed by atoms with Gasteiger partial charge < -0.3 is 10.5 Å². The maximum atomic E-state index is 6.34. The summed E-state index contributed by atoms with van der Waals surface area (Å²) < 4.78 is 5.66. The van der Waals surface area contributed by atoms with E-state index in [1.165, 1.54) is 16.0 Å². The second-order valence-electron chi connectivity index (χ2n) is 5.13. The number of thioether (sulfide) groups is 1. The van der Waals surface area contributed by atoms with E-state index in [9.17, 15) is 0 Å². The van der Waals surface area contributed by atoms with Crippen molar-refractivity contribution < 1.29 is 4.74 Å². The molecule has 0 bridgehead atoms. The van der Waals surface area contributed by atoms with Gasteiger partial charge in [-0.1, -0.05) is 24.3 Å². The molecule has 0 amide bonds. The molecule has 21 heavy (non-hydrogen) atoms. The third kappa shape index (κ3) is 4.26. The molecule has 0 aliphatic carbocycles. The molecule has 0 radical (unpaired) electrons. The molecule has 2 rings (SSSR count). The molecule has 112 valence electrons. The monoisotopic (exact) mass is 301 g/mol. The van der Waals surface area contributed by atoms with E-state index in [2.05, 4.69) is 38.1 Å². The van der Waals surface area contributed by atoms with E-state index in [0.717, 1.165) is 17.1 Å². The number of hydrogen-bond donors (Lipinski definition) is 1. The molecular formula is C18H23NOS. The van der Waals surface area contributed by atoms with Crippen LogP contribution in [-0.4, -0.2) is 12.4 Å². The van der Waals surface area contributed by atoms with Crippen LogP contribution in [0.1, 0.15) is 29.7 Å². The lowest BCUT2D eigenvalue weighted by Crippen LogP contribution is -2.14. The predicted octanol–water partition coefficient (Wildman–Crippen LogP) is 4.49. The Balaban J connectivity index is 2.04. The van der Waals surface area contributed by atoms with Crippen LogP contribution in [0.3, 0.4) is 0 Å². The first-order valence-corrected chi connectivity index (χ1v) is 8.27. The molecule has 2 aromatic carbocycles. The molecule has 2 nitrogen and oxygen atoms in total. The molecule has 0 fully saturated rings. The lowest BCUT2D eigenvalue weighted by atomic mass is 10.1. The summed E-state index contributed by atoms with van der Waals surface area (Å²) in [6.45, 7) is 6.93. The first-order chi connectivity index (χ1) is 10.1. The summed E-state index contributed by atoms with van der Waals surface area (Å²) in [6.07, 6.45) is 0. The minimum Gasteiger partial charge on any atom is -0.494 e. The summed E-state index contributed by atoms with van der Waals surface area (Å²) in [5, 5.41) is 0. The zero-order chi connectivity index (χ0) is 15.2. The van der Waals surface area contributed by atoms with Gasteiger partial charge in [0.1, 0.15) is 5.75 Å². The molecule has 0 aliphatic rings. The van der Waals surface area contributed by atoms with Gasteiger partial charge in [0.2, 0.25) is 0 Å². The fraction of sp³-hybridized carbons (Fsp3) is 0.333. The van der Waals surface area contributed by atoms with Crippen LogP contribution in [0.25, 0.3) is 0 Å². The lowest BCUT2D eigenvalue weighted by Gasteiger charge is -2.16. The van der Waals surface area contributed by atoms with Crippen molar-refractivity contribution in [2.45, 2.75) is 31.7 Å². The number of nitrogens with two attached hydrogens (primary N) is 1. The minimum atomic E-state index is -0.0284. The van der Waals surface area contributed by atoms with E-state index >= 15 is 0 Å². The summed E-state index contributed by atoms with van der Waals surface area (Å²) in [6, 6.07) is 14.6. The van der Waals surface area contributed by atoms with E-state index in [0.29, 0.717) is 6.61 Å². The third-order valence-corrected chi connectivity index (χ3v) is 4.64. The van der Waals surface area contributed by atoms with Crippen molar-refractivity contribution in [1.82, 2.24) is 0 Å². The molecule has 0 saturated heterocycles. The SMILES string of the molecule is CCOc1ccccc1C(N)CSc1ccc(C)c(C)c1. The Morgan fingerprint density at radius 1 is 1.10 bits per heavy atom. The van der Waals surface area contributed by atoms with Gasteiger partial charge in [0.05, 0.1) is 6.61 Å². The maximum Gasteiger partial charge on any atom is 0.124 e. The lowest BCUT2D eigenvalue weighted by molar-refractivity contribution is 0.335. The third-order valence-electron chi connectivity index (χ3n) is 3.53. The van der Waals surface area contributed by atoms with Gasteiger partial charge in [0, 0.05) is 22.3 Å². The van der Waals surface area contributed by atoms with E-state index in [4.69, 9.17) is 10.5 Å². The van der Waals surface area contributed by atoms with E-state index in [-0.39, 0.29) is 6.04 Å². The van der Waals surface area contributed by atoms with Crippen molar-refractivity contribution >= 4 is 11.8 Å². The Morgan fingerprint density at radius 3 is 2.57 bits per heavy atom. The first-order valence-electron chi connectivity index (χ1n) is 7.29. The fourth-order valence-electron chi connectivity index (χ4n) is 2.15. The zero-order valence-corrected chi connectivity index (χ0v) is 13.7. The van der Waals surface area contributed by atoms with Gasteiger partial charge in [0.25, 0.3) is 0 Å². The number of aryl methyl sites for hydroxylation is 2. The van der Waals surface area contributed by atoms with Crippen molar-refractivity contribution in [2.24, 2.45) is 5.73 Å². The molecule has 1 atom stereocenters.